The fourth-order valence-electron chi connectivity index (χ4n) is 2.83. The molecule has 0 amide bonds. The highest BCUT2D eigenvalue weighted by Crippen LogP contribution is 2.29. The van der Waals surface area contributed by atoms with Crippen LogP contribution in [0.4, 0.5) is 0 Å². The molecular formula is C22H20O3S. The number of hydrogen-bond donors (Lipinski definition) is 0. The Kier molecular flexibility index (Phi) is 5.33. The van der Waals surface area contributed by atoms with Crippen molar-refractivity contribution in [2.75, 3.05) is 6.61 Å². The van der Waals surface area contributed by atoms with Gasteiger partial charge < -0.3 is 4.74 Å². The van der Waals surface area contributed by atoms with Gasteiger partial charge in [-0.25, -0.2) is 4.79 Å². The van der Waals surface area contributed by atoms with Crippen LogP contribution in [0, 0.1) is 20.8 Å². The molecule has 0 spiro atoms. The number of benzene rings is 2. The van der Waals surface area contributed by atoms with Crippen LogP contribution in [0.5, 0.6) is 0 Å². The van der Waals surface area contributed by atoms with E-state index in [0.29, 0.717) is 10.4 Å². The average Bonchev–Trinajstić information content (AvgIpc) is 3.10. The molecule has 4 heteroatoms. The zero-order valence-corrected chi connectivity index (χ0v) is 15.9. The van der Waals surface area contributed by atoms with E-state index in [-0.39, 0.29) is 12.4 Å². The van der Waals surface area contributed by atoms with Gasteiger partial charge in [0.1, 0.15) is 4.88 Å². The van der Waals surface area contributed by atoms with E-state index in [4.69, 9.17) is 4.74 Å². The predicted octanol–water partition coefficient (Wildman–Crippen LogP) is 5.38. The van der Waals surface area contributed by atoms with Gasteiger partial charge in [-0.05, 0) is 43.3 Å². The number of esters is 1. The third kappa shape index (κ3) is 3.92. The van der Waals surface area contributed by atoms with Gasteiger partial charge >= 0.3 is 5.97 Å². The average molecular weight is 364 g/mol. The SMILES string of the molecule is Cc1ccc(-c2ccsc2C(=O)OCC(=O)c2ccc(C)cc2C)cc1. The molecule has 0 saturated carbocycles. The van der Waals surface area contributed by atoms with Gasteiger partial charge in [-0.15, -0.1) is 11.3 Å². The molecule has 0 radical (unpaired) electrons. The van der Waals surface area contributed by atoms with Gasteiger partial charge in [0.25, 0.3) is 0 Å². The molecule has 0 unspecified atom stereocenters. The van der Waals surface area contributed by atoms with Crippen LogP contribution in [0.2, 0.25) is 0 Å². The zero-order chi connectivity index (χ0) is 18.7. The number of aryl methyl sites for hydroxylation is 3. The summed E-state index contributed by atoms with van der Waals surface area (Å²) in [4.78, 5) is 25.4. The van der Waals surface area contributed by atoms with Gasteiger partial charge in [0.05, 0.1) is 0 Å². The maximum Gasteiger partial charge on any atom is 0.349 e. The second-order valence-electron chi connectivity index (χ2n) is 6.35. The molecule has 0 aliphatic rings. The topological polar surface area (TPSA) is 43.4 Å². The van der Waals surface area contributed by atoms with Crippen LogP contribution in [0.3, 0.4) is 0 Å². The molecule has 0 fully saturated rings. The molecular weight excluding hydrogens is 344 g/mol. The Morgan fingerprint density at radius 1 is 0.923 bits per heavy atom. The number of hydrogen-bond acceptors (Lipinski definition) is 4. The maximum atomic E-state index is 12.5. The highest BCUT2D eigenvalue weighted by atomic mass is 32.1. The van der Waals surface area contributed by atoms with Crippen molar-refractivity contribution < 1.29 is 14.3 Å². The molecule has 132 valence electrons. The van der Waals surface area contributed by atoms with Crippen molar-refractivity contribution >= 4 is 23.1 Å². The number of ether oxygens (including phenoxy) is 1. The van der Waals surface area contributed by atoms with Gasteiger partial charge in [-0.3, -0.25) is 4.79 Å². The number of carbonyl (C=O) groups excluding carboxylic acids is 2. The first-order valence-electron chi connectivity index (χ1n) is 8.38. The second kappa shape index (κ2) is 7.67. The maximum absolute atomic E-state index is 12.5. The number of thiophene rings is 1. The first kappa shape index (κ1) is 18.1. The summed E-state index contributed by atoms with van der Waals surface area (Å²) in [6.07, 6.45) is 0. The van der Waals surface area contributed by atoms with Crippen LogP contribution in [0.25, 0.3) is 11.1 Å². The molecule has 0 saturated heterocycles. The predicted molar refractivity (Wildman–Crippen MR) is 105 cm³/mol. The normalized spacial score (nSPS) is 10.6. The van der Waals surface area contributed by atoms with Crippen LogP contribution in [0.1, 0.15) is 36.7 Å². The highest BCUT2D eigenvalue weighted by molar-refractivity contribution is 7.12. The molecule has 3 aromatic rings. The smallest absolute Gasteiger partial charge is 0.349 e. The van der Waals surface area contributed by atoms with Gasteiger partial charge in [0.2, 0.25) is 5.78 Å². The summed E-state index contributed by atoms with van der Waals surface area (Å²) in [7, 11) is 0. The lowest BCUT2D eigenvalue weighted by Gasteiger charge is -2.08. The summed E-state index contributed by atoms with van der Waals surface area (Å²) in [5, 5.41) is 1.86. The molecule has 1 heterocycles. The van der Waals surface area contributed by atoms with E-state index in [0.717, 1.165) is 27.8 Å². The lowest BCUT2D eigenvalue weighted by atomic mass is 10.0. The minimum atomic E-state index is -0.464. The summed E-state index contributed by atoms with van der Waals surface area (Å²) in [5.41, 5.74) is 5.53. The van der Waals surface area contributed by atoms with Gasteiger partial charge in [-0.1, -0.05) is 53.6 Å². The molecule has 0 aliphatic heterocycles. The largest absolute Gasteiger partial charge is 0.453 e. The molecule has 26 heavy (non-hydrogen) atoms. The van der Waals surface area contributed by atoms with Crippen LogP contribution in [0.15, 0.2) is 53.9 Å². The molecule has 0 atom stereocenters. The molecule has 2 aromatic carbocycles. The van der Waals surface area contributed by atoms with Gasteiger partial charge in [-0.2, -0.15) is 0 Å². The third-order valence-corrected chi connectivity index (χ3v) is 5.12. The summed E-state index contributed by atoms with van der Waals surface area (Å²) < 4.78 is 5.30. The van der Waals surface area contributed by atoms with Crippen molar-refractivity contribution in [1.29, 1.82) is 0 Å². The Bertz CT molecular complexity index is 952. The van der Waals surface area contributed by atoms with Crippen molar-refractivity contribution in [3.63, 3.8) is 0 Å². The van der Waals surface area contributed by atoms with E-state index in [1.807, 2.05) is 68.6 Å². The summed E-state index contributed by atoms with van der Waals surface area (Å²) in [6.45, 7) is 5.63. The molecule has 0 bridgehead atoms. The standard InChI is InChI=1S/C22H20O3S/c1-14-4-7-17(8-5-14)19-10-11-26-21(19)22(24)25-13-20(23)18-9-6-15(2)12-16(18)3/h4-12H,13H2,1-3H3. The fraction of sp³-hybridized carbons (Fsp3) is 0.182. The monoisotopic (exact) mass is 364 g/mol. The Labute approximate surface area is 157 Å². The zero-order valence-electron chi connectivity index (χ0n) is 15.0. The van der Waals surface area contributed by atoms with Crippen molar-refractivity contribution in [3.05, 3.63) is 81.0 Å². The van der Waals surface area contributed by atoms with Crippen molar-refractivity contribution in [2.45, 2.75) is 20.8 Å². The van der Waals surface area contributed by atoms with Crippen molar-refractivity contribution in [1.82, 2.24) is 0 Å². The van der Waals surface area contributed by atoms with E-state index in [1.165, 1.54) is 11.3 Å². The fourth-order valence-corrected chi connectivity index (χ4v) is 3.64. The number of ketones is 1. The molecule has 0 N–H and O–H groups in total. The Morgan fingerprint density at radius 3 is 2.31 bits per heavy atom. The van der Waals surface area contributed by atoms with Gasteiger partial charge in [0, 0.05) is 11.1 Å². The quantitative estimate of drug-likeness (QED) is 0.451. The van der Waals surface area contributed by atoms with E-state index in [9.17, 15) is 9.59 Å². The number of carbonyl (C=O) groups is 2. The first-order valence-corrected chi connectivity index (χ1v) is 9.26. The molecule has 3 nitrogen and oxygen atoms in total. The molecule has 1 aromatic heterocycles. The van der Waals surface area contributed by atoms with E-state index in [2.05, 4.69) is 0 Å². The first-order chi connectivity index (χ1) is 12.5. The Morgan fingerprint density at radius 2 is 1.62 bits per heavy atom. The Balaban J connectivity index is 1.72. The van der Waals surface area contributed by atoms with Crippen LogP contribution < -0.4 is 0 Å². The van der Waals surface area contributed by atoms with Crippen LogP contribution in [-0.2, 0) is 4.74 Å². The number of rotatable bonds is 5. The lowest BCUT2D eigenvalue weighted by molar-refractivity contribution is 0.0480. The number of Topliss-reactive ketones (excluding diaryl/α,β-unsaturated/α-hetero) is 1. The minimum Gasteiger partial charge on any atom is -0.453 e. The van der Waals surface area contributed by atoms with E-state index >= 15 is 0 Å². The van der Waals surface area contributed by atoms with Crippen molar-refractivity contribution in [2.24, 2.45) is 0 Å². The minimum absolute atomic E-state index is 0.190. The highest BCUT2D eigenvalue weighted by Gasteiger charge is 2.18. The van der Waals surface area contributed by atoms with E-state index in [1.54, 1.807) is 6.07 Å². The second-order valence-corrected chi connectivity index (χ2v) is 7.26. The lowest BCUT2D eigenvalue weighted by Crippen LogP contribution is -2.15. The van der Waals surface area contributed by atoms with Crippen LogP contribution >= 0.6 is 11.3 Å². The van der Waals surface area contributed by atoms with E-state index < -0.39 is 5.97 Å². The summed E-state index contributed by atoms with van der Waals surface area (Å²) in [6, 6.07) is 15.5. The van der Waals surface area contributed by atoms with Gasteiger partial charge in [0.15, 0.2) is 6.61 Å². The summed E-state index contributed by atoms with van der Waals surface area (Å²) >= 11 is 1.32. The third-order valence-electron chi connectivity index (χ3n) is 4.23. The molecule has 3 rings (SSSR count). The Hall–Kier alpha value is -2.72. The molecule has 0 aliphatic carbocycles. The summed E-state index contributed by atoms with van der Waals surface area (Å²) in [5.74, 6) is -0.655. The van der Waals surface area contributed by atoms with Crippen molar-refractivity contribution in [3.8, 4) is 11.1 Å². The van der Waals surface area contributed by atoms with Crippen LogP contribution in [-0.4, -0.2) is 18.4 Å².